The topological polar surface area (TPSA) is 46.4 Å². The Labute approximate surface area is 150 Å². The van der Waals surface area contributed by atoms with Crippen LogP contribution in [0.25, 0.3) is 5.65 Å². The SMILES string of the molecule is O=C(NCc1cn2cc(Br)ccc2n1)C12CC3CC(CC(C3)C1)C2. The third-order valence-corrected chi connectivity index (χ3v) is 6.88. The lowest BCUT2D eigenvalue weighted by Gasteiger charge is -2.55. The monoisotopic (exact) mass is 387 g/mol. The fraction of sp³-hybridized carbons (Fsp3) is 0.579. The van der Waals surface area contributed by atoms with Gasteiger partial charge in [0, 0.05) is 22.3 Å². The van der Waals surface area contributed by atoms with E-state index in [9.17, 15) is 4.79 Å². The Bertz CT molecular complexity index is 777. The van der Waals surface area contributed by atoms with Crippen LogP contribution in [0.5, 0.6) is 0 Å². The molecule has 4 saturated carbocycles. The molecular formula is C19H22BrN3O. The highest BCUT2D eigenvalue weighted by atomic mass is 79.9. The van der Waals surface area contributed by atoms with Gasteiger partial charge in [0.05, 0.1) is 12.2 Å². The number of fused-ring (bicyclic) bond motifs is 1. The van der Waals surface area contributed by atoms with Gasteiger partial charge in [-0.15, -0.1) is 0 Å². The fourth-order valence-corrected chi connectivity index (χ4v) is 6.20. The average Bonchev–Trinajstić information content (AvgIpc) is 2.93. The Morgan fingerprint density at radius 2 is 1.83 bits per heavy atom. The van der Waals surface area contributed by atoms with Gasteiger partial charge >= 0.3 is 0 Å². The minimum atomic E-state index is -0.0725. The smallest absolute Gasteiger partial charge is 0.226 e. The molecule has 126 valence electrons. The standard InChI is InChI=1S/C19H22BrN3O/c20-15-1-2-17-22-16(11-23(17)10-15)9-21-18(24)19-6-12-3-13(7-19)5-14(4-12)8-19/h1-2,10-14H,3-9H2,(H,21,24). The van der Waals surface area contributed by atoms with Crippen molar-refractivity contribution in [3.63, 3.8) is 0 Å². The van der Waals surface area contributed by atoms with Crippen LogP contribution in [-0.2, 0) is 11.3 Å². The van der Waals surface area contributed by atoms with Crippen LogP contribution in [0.15, 0.2) is 29.0 Å². The number of nitrogens with zero attached hydrogens (tertiary/aromatic N) is 2. The van der Waals surface area contributed by atoms with Crippen molar-refractivity contribution in [3.8, 4) is 0 Å². The van der Waals surface area contributed by atoms with Gasteiger partial charge in [0.15, 0.2) is 0 Å². The summed E-state index contributed by atoms with van der Waals surface area (Å²) in [6, 6.07) is 3.97. The third-order valence-electron chi connectivity index (χ3n) is 6.41. The number of pyridine rings is 1. The molecule has 24 heavy (non-hydrogen) atoms. The number of hydrogen-bond acceptors (Lipinski definition) is 2. The molecule has 2 aromatic rings. The molecule has 2 aromatic heterocycles. The molecule has 4 aliphatic rings. The number of amides is 1. The van der Waals surface area contributed by atoms with Crippen LogP contribution in [0, 0.1) is 23.2 Å². The summed E-state index contributed by atoms with van der Waals surface area (Å²) in [4.78, 5) is 17.6. The van der Waals surface area contributed by atoms with E-state index in [0.29, 0.717) is 6.54 Å². The van der Waals surface area contributed by atoms with E-state index in [-0.39, 0.29) is 11.3 Å². The molecule has 5 heteroatoms. The van der Waals surface area contributed by atoms with Crippen molar-refractivity contribution in [1.82, 2.24) is 14.7 Å². The van der Waals surface area contributed by atoms with Gasteiger partial charge < -0.3 is 9.72 Å². The maximum absolute atomic E-state index is 13.0. The second kappa shape index (κ2) is 5.32. The molecule has 0 saturated heterocycles. The molecule has 1 amide bonds. The Morgan fingerprint density at radius 1 is 1.17 bits per heavy atom. The van der Waals surface area contributed by atoms with Crippen LogP contribution in [0.1, 0.15) is 44.2 Å². The van der Waals surface area contributed by atoms with Crippen molar-refractivity contribution in [3.05, 3.63) is 34.7 Å². The van der Waals surface area contributed by atoms with Gasteiger partial charge in [-0.3, -0.25) is 4.79 Å². The maximum Gasteiger partial charge on any atom is 0.226 e. The second-order valence-electron chi connectivity index (χ2n) is 8.23. The molecule has 0 unspecified atom stereocenters. The molecule has 4 nitrogen and oxygen atoms in total. The van der Waals surface area contributed by atoms with Crippen LogP contribution in [0.2, 0.25) is 0 Å². The molecule has 0 aliphatic heterocycles. The number of nitrogens with one attached hydrogen (secondary N) is 1. The molecule has 6 rings (SSSR count). The predicted molar refractivity (Wildman–Crippen MR) is 95.3 cm³/mol. The Kier molecular flexibility index (Phi) is 3.31. The lowest BCUT2D eigenvalue weighted by atomic mass is 9.49. The predicted octanol–water partition coefficient (Wildman–Crippen LogP) is 3.93. The number of carbonyl (C=O) groups excluding carboxylic acids is 1. The number of rotatable bonds is 3. The summed E-state index contributed by atoms with van der Waals surface area (Å²) in [5.74, 6) is 2.68. The quantitative estimate of drug-likeness (QED) is 0.866. The second-order valence-corrected chi connectivity index (χ2v) is 9.14. The molecule has 0 spiro atoms. The zero-order valence-corrected chi connectivity index (χ0v) is 15.3. The van der Waals surface area contributed by atoms with Gasteiger partial charge in [0.1, 0.15) is 5.65 Å². The minimum absolute atomic E-state index is 0.0725. The van der Waals surface area contributed by atoms with E-state index in [2.05, 4.69) is 26.2 Å². The summed E-state index contributed by atoms with van der Waals surface area (Å²) in [7, 11) is 0. The number of halogens is 1. The minimum Gasteiger partial charge on any atom is -0.350 e. The summed E-state index contributed by atoms with van der Waals surface area (Å²) in [5.41, 5.74) is 1.76. The Hall–Kier alpha value is -1.36. The van der Waals surface area contributed by atoms with Gasteiger partial charge in [-0.2, -0.15) is 0 Å². The van der Waals surface area contributed by atoms with Crippen molar-refractivity contribution >= 4 is 27.5 Å². The van der Waals surface area contributed by atoms with E-state index in [1.54, 1.807) is 0 Å². The van der Waals surface area contributed by atoms with Gasteiger partial charge in [-0.05, 0) is 84.3 Å². The molecule has 1 N–H and O–H groups in total. The van der Waals surface area contributed by atoms with Crippen molar-refractivity contribution in [2.45, 2.75) is 45.1 Å². The number of imidazole rings is 1. The van der Waals surface area contributed by atoms with Gasteiger partial charge in [0.25, 0.3) is 0 Å². The lowest BCUT2D eigenvalue weighted by molar-refractivity contribution is -0.146. The molecule has 4 fully saturated rings. The summed E-state index contributed by atoms with van der Waals surface area (Å²) in [5, 5.41) is 3.21. The van der Waals surface area contributed by atoms with E-state index >= 15 is 0 Å². The van der Waals surface area contributed by atoms with E-state index in [0.717, 1.165) is 52.8 Å². The average molecular weight is 388 g/mol. The highest BCUT2D eigenvalue weighted by molar-refractivity contribution is 9.10. The highest BCUT2D eigenvalue weighted by Crippen LogP contribution is 2.60. The molecular weight excluding hydrogens is 366 g/mol. The van der Waals surface area contributed by atoms with Crippen LogP contribution < -0.4 is 5.32 Å². The summed E-state index contributed by atoms with van der Waals surface area (Å²) in [6.45, 7) is 0.528. The molecule has 4 bridgehead atoms. The largest absolute Gasteiger partial charge is 0.350 e. The molecule has 4 aliphatic carbocycles. The summed E-state index contributed by atoms with van der Waals surface area (Å²) in [6.07, 6.45) is 11.4. The van der Waals surface area contributed by atoms with Gasteiger partial charge in [-0.1, -0.05) is 0 Å². The summed E-state index contributed by atoms with van der Waals surface area (Å²) >= 11 is 3.48. The van der Waals surface area contributed by atoms with Crippen molar-refractivity contribution in [1.29, 1.82) is 0 Å². The normalized spacial score (nSPS) is 34.0. The van der Waals surface area contributed by atoms with Gasteiger partial charge in [0.2, 0.25) is 5.91 Å². The van der Waals surface area contributed by atoms with Crippen molar-refractivity contribution in [2.24, 2.45) is 23.2 Å². The Balaban J connectivity index is 1.31. The third kappa shape index (κ3) is 2.40. The van der Waals surface area contributed by atoms with Crippen LogP contribution in [0.4, 0.5) is 0 Å². The van der Waals surface area contributed by atoms with E-state index < -0.39 is 0 Å². The number of aromatic nitrogens is 2. The summed E-state index contributed by atoms with van der Waals surface area (Å²) < 4.78 is 3.02. The van der Waals surface area contributed by atoms with Crippen LogP contribution >= 0.6 is 15.9 Å². The number of carbonyl (C=O) groups is 1. The maximum atomic E-state index is 13.0. The first-order valence-corrected chi connectivity index (χ1v) is 9.80. The first kappa shape index (κ1) is 14.9. The van der Waals surface area contributed by atoms with E-state index in [4.69, 9.17) is 0 Å². The first-order chi connectivity index (χ1) is 11.6. The fourth-order valence-electron chi connectivity index (χ4n) is 5.85. The van der Waals surface area contributed by atoms with Crippen LogP contribution in [-0.4, -0.2) is 15.3 Å². The first-order valence-electron chi connectivity index (χ1n) is 9.01. The zero-order chi connectivity index (χ0) is 16.3. The highest BCUT2D eigenvalue weighted by Gasteiger charge is 2.54. The van der Waals surface area contributed by atoms with Crippen LogP contribution in [0.3, 0.4) is 0 Å². The van der Waals surface area contributed by atoms with Crippen molar-refractivity contribution < 1.29 is 4.79 Å². The molecule has 0 radical (unpaired) electrons. The zero-order valence-electron chi connectivity index (χ0n) is 13.7. The van der Waals surface area contributed by atoms with Gasteiger partial charge in [-0.25, -0.2) is 4.98 Å². The van der Waals surface area contributed by atoms with E-state index in [1.807, 2.05) is 28.9 Å². The molecule has 0 atom stereocenters. The Morgan fingerprint density at radius 3 is 2.50 bits per heavy atom. The van der Waals surface area contributed by atoms with E-state index in [1.165, 1.54) is 19.3 Å². The van der Waals surface area contributed by atoms with Crippen molar-refractivity contribution in [2.75, 3.05) is 0 Å². The molecule has 0 aromatic carbocycles. The molecule has 2 heterocycles. The number of hydrogen-bond donors (Lipinski definition) is 1. The lowest BCUT2D eigenvalue weighted by Crippen LogP contribution is -2.53.